The standard InChI is InChI=1S/C12H17BrN5O7P/c1-17(2)9-6-10(15-4-14-9)18(12(13)16-6)11-8(20)7(19)5(25-11)3-24-26(21,22)23/h4-5,7-8,11,19-20H,3H2,1-2H3,(H2,21,22,23)/t5-,7-,8-,11-/m1/s1. The van der Waals surface area contributed by atoms with Crippen LogP contribution in [0.5, 0.6) is 0 Å². The van der Waals surface area contributed by atoms with Gasteiger partial charge in [0.15, 0.2) is 27.9 Å². The molecule has 1 saturated heterocycles. The molecule has 2 aromatic heterocycles. The van der Waals surface area contributed by atoms with Gasteiger partial charge in [-0.3, -0.25) is 9.09 Å². The Morgan fingerprint density at radius 3 is 2.65 bits per heavy atom. The second-order valence-electron chi connectivity index (χ2n) is 5.85. The Kier molecular flexibility index (Phi) is 5.34. The van der Waals surface area contributed by atoms with Crippen molar-refractivity contribution in [2.45, 2.75) is 24.5 Å². The number of aliphatic hydroxyl groups excluding tert-OH is 2. The molecule has 144 valence electrons. The number of aromatic nitrogens is 4. The molecule has 1 aliphatic heterocycles. The van der Waals surface area contributed by atoms with Crippen LogP contribution in [0, 0.1) is 0 Å². The van der Waals surface area contributed by atoms with Gasteiger partial charge >= 0.3 is 7.82 Å². The van der Waals surface area contributed by atoms with E-state index in [1.807, 2.05) is 0 Å². The number of imidazole rings is 1. The highest BCUT2D eigenvalue weighted by atomic mass is 79.9. The van der Waals surface area contributed by atoms with E-state index in [9.17, 15) is 14.8 Å². The van der Waals surface area contributed by atoms with Gasteiger partial charge in [-0.1, -0.05) is 0 Å². The number of fused-ring (bicyclic) bond motifs is 1. The predicted molar refractivity (Wildman–Crippen MR) is 91.3 cm³/mol. The monoisotopic (exact) mass is 453 g/mol. The molecule has 0 radical (unpaired) electrons. The third-order valence-corrected chi connectivity index (χ3v) is 4.88. The molecule has 2 aromatic rings. The van der Waals surface area contributed by atoms with E-state index in [2.05, 4.69) is 35.4 Å². The summed E-state index contributed by atoms with van der Waals surface area (Å²) in [6.07, 6.45) is -3.74. The fraction of sp³-hybridized carbons (Fsp3) is 0.583. The molecule has 0 unspecified atom stereocenters. The van der Waals surface area contributed by atoms with Gasteiger partial charge < -0.3 is 29.6 Å². The van der Waals surface area contributed by atoms with Crippen molar-refractivity contribution in [2.24, 2.45) is 0 Å². The zero-order valence-electron chi connectivity index (χ0n) is 13.7. The lowest BCUT2D eigenvalue weighted by atomic mass is 10.1. The molecule has 0 spiro atoms. The van der Waals surface area contributed by atoms with Crippen LogP contribution in [0.25, 0.3) is 11.2 Å². The molecule has 0 aromatic carbocycles. The minimum atomic E-state index is -4.74. The molecule has 4 N–H and O–H groups in total. The average Bonchev–Trinajstić information content (AvgIpc) is 3.01. The molecule has 4 atom stereocenters. The van der Waals surface area contributed by atoms with Crippen molar-refractivity contribution >= 4 is 40.7 Å². The summed E-state index contributed by atoms with van der Waals surface area (Å²) in [6, 6.07) is 0. The highest BCUT2D eigenvalue weighted by Crippen LogP contribution is 2.39. The van der Waals surface area contributed by atoms with E-state index in [1.54, 1.807) is 19.0 Å². The molecule has 0 saturated carbocycles. The normalized spacial score (nSPS) is 26.6. The highest BCUT2D eigenvalue weighted by Gasteiger charge is 2.46. The third kappa shape index (κ3) is 3.62. The summed E-state index contributed by atoms with van der Waals surface area (Å²) in [5.41, 5.74) is 0.799. The topological polar surface area (TPSA) is 163 Å². The van der Waals surface area contributed by atoms with Gasteiger partial charge in [0.2, 0.25) is 0 Å². The van der Waals surface area contributed by atoms with E-state index in [-0.39, 0.29) is 4.73 Å². The average molecular weight is 454 g/mol. The number of halogens is 1. The second kappa shape index (κ2) is 7.09. The van der Waals surface area contributed by atoms with Crippen LogP contribution in [0.3, 0.4) is 0 Å². The highest BCUT2D eigenvalue weighted by molar-refractivity contribution is 9.10. The molecule has 0 amide bonds. The van der Waals surface area contributed by atoms with Gasteiger partial charge in [-0.15, -0.1) is 0 Å². The maximum Gasteiger partial charge on any atom is 0.469 e. The van der Waals surface area contributed by atoms with E-state index in [4.69, 9.17) is 14.5 Å². The molecule has 1 aliphatic rings. The smallest absolute Gasteiger partial charge is 0.387 e. The number of hydrogen-bond donors (Lipinski definition) is 4. The summed E-state index contributed by atoms with van der Waals surface area (Å²) in [6.45, 7) is -0.596. The SMILES string of the molecule is CN(C)c1ncnc2c1nc(Br)n2[C@@H]1O[C@H](COP(=O)(O)O)[C@@H](O)[C@H]1O. The van der Waals surface area contributed by atoms with Crippen LogP contribution in [0.4, 0.5) is 5.82 Å². The number of nitrogens with zero attached hydrogens (tertiary/aromatic N) is 5. The molecular weight excluding hydrogens is 437 g/mol. The molecular formula is C12H17BrN5O7P. The van der Waals surface area contributed by atoms with Gasteiger partial charge in [0.05, 0.1) is 6.61 Å². The van der Waals surface area contributed by atoms with Crippen molar-refractivity contribution in [3.63, 3.8) is 0 Å². The van der Waals surface area contributed by atoms with Gasteiger partial charge in [0.1, 0.15) is 24.6 Å². The Morgan fingerprint density at radius 1 is 1.35 bits per heavy atom. The van der Waals surface area contributed by atoms with Gasteiger partial charge in [-0.25, -0.2) is 19.5 Å². The third-order valence-electron chi connectivity index (χ3n) is 3.84. The first-order valence-electron chi connectivity index (χ1n) is 7.37. The first-order chi connectivity index (χ1) is 12.1. The minimum Gasteiger partial charge on any atom is -0.387 e. The molecule has 14 heteroatoms. The number of aliphatic hydroxyl groups is 2. The van der Waals surface area contributed by atoms with Gasteiger partial charge in [0, 0.05) is 14.1 Å². The number of anilines is 1. The lowest BCUT2D eigenvalue weighted by molar-refractivity contribution is -0.0514. The fourth-order valence-corrected chi connectivity index (χ4v) is 3.56. The van der Waals surface area contributed by atoms with Crippen molar-refractivity contribution in [3.05, 3.63) is 11.1 Å². The van der Waals surface area contributed by atoms with Crippen LogP contribution in [-0.4, -0.2) is 78.5 Å². The quantitative estimate of drug-likeness (QED) is 0.337. The summed E-state index contributed by atoms with van der Waals surface area (Å²) >= 11 is 3.28. The largest absolute Gasteiger partial charge is 0.469 e. The van der Waals surface area contributed by atoms with Crippen molar-refractivity contribution < 1.29 is 33.8 Å². The second-order valence-corrected chi connectivity index (χ2v) is 7.80. The predicted octanol–water partition coefficient (Wildman–Crippen LogP) is -0.617. The molecule has 3 heterocycles. The maximum absolute atomic E-state index is 10.8. The van der Waals surface area contributed by atoms with Crippen LogP contribution >= 0.6 is 23.8 Å². The van der Waals surface area contributed by atoms with Crippen LogP contribution in [-0.2, 0) is 13.8 Å². The maximum atomic E-state index is 10.8. The summed E-state index contributed by atoms with van der Waals surface area (Å²) in [7, 11) is -1.16. The molecule has 3 rings (SSSR count). The van der Waals surface area contributed by atoms with Crippen LogP contribution in [0.15, 0.2) is 11.1 Å². The number of phosphoric ester groups is 1. The Bertz CT molecular complexity index is 858. The number of phosphoric acid groups is 1. The number of hydrogen-bond acceptors (Lipinski definition) is 9. The van der Waals surface area contributed by atoms with Gasteiger partial charge in [0.25, 0.3) is 0 Å². The molecule has 1 fully saturated rings. The number of rotatable bonds is 5. The Labute approximate surface area is 155 Å². The lowest BCUT2D eigenvalue weighted by Gasteiger charge is -2.18. The Hall–Kier alpha value is -1.18. The summed E-state index contributed by atoms with van der Waals surface area (Å²) in [5, 5.41) is 20.5. The van der Waals surface area contributed by atoms with E-state index in [1.165, 1.54) is 10.9 Å². The van der Waals surface area contributed by atoms with Crippen LogP contribution in [0.2, 0.25) is 0 Å². The zero-order chi connectivity index (χ0) is 19.2. The van der Waals surface area contributed by atoms with E-state index in [0.717, 1.165) is 0 Å². The summed E-state index contributed by atoms with van der Waals surface area (Å²) < 4.78 is 22.5. The van der Waals surface area contributed by atoms with Gasteiger partial charge in [-0.05, 0) is 15.9 Å². The molecule has 26 heavy (non-hydrogen) atoms. The van der Waals surface area contributed by atoms with Gasteiger partial charge in [-0.2, -0.15) is 0 Å². The van der Waals surface area contributed by atoms with E-state index in [0.29, 0.717) is 17.0 Å². The van der Waals surface area contributed by atoms with Crippen LogP contribution < -0.4 is 4.90 Å². The summed E-state index contributed by atoms with van der Waals surface area (Å²) in [4.78, 5) is 32.0. The van der Waals surface area contributed by atoms with Crippen molar-refractivity contribution in [1.29, 1.82) is 0 Å². The van der Waals surface area contributed by atoms with Crippen molar-refractivity contribution in [1.82, 2.24) is 19.5 Å². The minimum absolute atomic E-state index is 0.281. The van der Waals surface area contributed by atoms with Crippen LogP contribution in [0.1, 0.15) is 6.23 Å². The Morgan fingerprint density at radius 2 is 2.04 bits per heavy atom. The first-order valence-corrected chi connectivity index (χ1v) is 9.70. The fourth-order valence-electron chi connectivity index (χ4n) is 2.67. The molecule has 0 bridgehead atoms. The van der Waals surface area contributed by atoms with E-state index >= 15 is 0 Å². The first kappa shape index (κ1) is 19.6. The number of ether oxygens (including phenoxy) is 1. The van der Waals surface area contributed by atoms with E-state index < -0.39 is 39.0 Å². The van der Waals surface area contributed by atoms with Crippen molar-refractivity contribution in [3.8, 4) is 0 Å². The Balaban J connectivity index is 1.95. The molecule has 0 aliphatic carbocycles. The lowest BCUT2D eigenvalue weighted by Crippen LogP contribution is -2.33. The summed E-state index contributed by atoms with van der Waals surface area (Å²) in [5.74, 6) is 0.545. The molecule has 12 nitrogen and oxygen atoms in total. The van der Waals surface area contributed by atoms with Crippen molar-refractivity contribution in [2.75, 3.05) is 25.6 Å². The zero-order valence-corrected chi connectivity index (χ0v) is 16.1.